The Labute approximate surface area is 154 Å². The van der Waals surface area contributed by atoms with Crippen LogP contribution in [0.15, 0.2) is 18.2 Å². The average Bonchev–Trinajstić information content (AvgIpc) is 2.59. The number of hydrogen-bond donors (Lipinski definition) is 0. The van der Waals surface area contributed by atoms with Gasteiger partial charge in [0.05, 0.1) is 5.92 Å². The topological polar surface area (TPSA) is 9.23 Å². The number of alkyl halides is 2. The normalized spacial score (nSPS) is 22.2. The van der Waals surface area contributed by atoms with Crippen molar-refractivity contribution < 1.29 is 22.3 Å². The first kappa shape index (κ1) is 21.0. The molecule has 1 aliphatic carbocycles. The number of rotatable bonds is 9. The van der Waals surface area contributed by atoms with E-state index < -0.39 is 23.7 Å². The Hall–Kier alpha value is -1.26. The molecule has 1 aliphatic rings. The van der Waals surface area contributed by atoms with E-state index >= 15 is 0 Å². The van der Waals surface area contributed by atoms with E-state index in [0.29, 0.717) is 24.8 Å². The summed E-state index contributed by atoms with van der Waals surface area (Å²) in [5, 5.41) is 0. The van der Waals surface area contributed by atoms with Crippen LogP contribution < -0.4 is 4.74 Å². The zero-order valence-electron chi connectivity index (χ0n) is 15.7. The highest BCUT2D eigenvalue weighted by molar-refractivity contribution is 5.24. The first-order valence-electron chi connectivity index (χ1n) is 9.83. The molecule has 0 aromatic heterocycles. The Morgan fingerprint density at radius 3 is 2.38 bits per heavy atom. The van der Waals surface area contributed by atoms with Crippen molar-refractivity contribution in [3.05, 3.63) is 29.8 Å². The molecule has 1 aromatic rings. The zero-order chi connectivity index (χ0) is 19.2. The summed E-state index contributed by atoms with van der Waals surface area (Å²) in [6.07, 6.45) is 4.97. The van der Waals surface area contributed by atoms with Crippen molar-refractivity contribution in [1.82, 2.24) is 0 Å². The molecule has 1 atom stereocenters. The maximum Gasteiger partial charge on any atom is 0.400 e. The van der Waals surface area contributed by atoms with Crippen molar-refractivity contribution in [3.8, 4) is 5.75 Å². The molecule has 1 saturated carbocycles. The van der Waals surface area contributed by atoms with E-state index in [2.05, 4.69) is 13.8 Å². The maximum atomic E-state index is 14.4. The van der Waals surface area contributed by atoms with Gasteiger partial charge in [-0.05, 0) is 49.7 Å². The number of halogens is 4. The van der Waals surface area contributed by atoms with E-state index in [4.69, 9.17) is 4.74 Å². The van der Waals surface area contributed by atoms with Crippen LogP contribution in [-0.4, -0.2) is 6.11 Å². The van der Waals surface area contributed by atoms with E-state index in [0.717, 1.165) is 43.7 Å². The van der Waals surface area contributed by atoms with Gasteiger partial charge >= 0.3 is 6.11 Å². The Morgan fingerprint density at radius 2 is 1.77 bits per heavy atom. The molecule has 0 N–H and O–H groups in total. The minimum Gasteiger partial charge on any atom is -0.432 e. The molecule has 5 heteroatoms. The SMILES string of the molecule is CCCC(C)CCCC1CCC(C(F)(F)Oc2ccc(F)c(F)c2)CC1. The molecule has 1 unspecified atom stereocenters. The summed E-state index contributed by atoms with van der Waals surface area (Å²) in [5.74, 6) is -2.20. The Bertz CT molecular complexity index is 553. The molecule has 0 aliphatic heterocycles. The predicted molar refractivity (Wildman–Crippen MR) is 95.3 cm³/mol. The van der Waals surface area contributed by atoms with Gasteiger partial charge in [0.1, 0.15) is 5.75 Å². The van der Waals surface area contributed by atoms with Gasteiger partial charge in [0, 0.05) is 6.07 Å². The lowest BCUT2D eigenvalue weighted by atomic mass is 9.79. The number of benzene rings is 1. The summed E-state index contributed by atoms with van der Waals surface area (Å²) in [4.78, 5) is 0. The molecule has 1 fully saturated rings. The van der Waals surface area contributed by atoms with Gasteiger partial charge in [0.25, 0.3) is 0 Å². The average molecular weight is 374 g/mol. The molecule has 0 saturated heterocycles. The Balaban J connectivity index is 1.77. The van der Waals surface area contributed by atoms with Crippen LogP contribution in [0.25, 0.3) is 0 Å². The third-order valence-corrected chi connectivity index (χ3v) is 5.56. The van der Waals surface area contributed by atoms with Gasteiger partial charge in [-0.25, -0.2) is 8.78 Å². The lowest BCUT2D eigenvalue weighted by Crippen LogP contribution is -2.37. The van der Waals surface area contributed by atoms with E-state index in [1.54, 1.807) is 0 Å². The molecular formula is C21H30F4O. The van der Waals surface area contributed by atoms with Crippen LogP contribution in [0.5, 0.6) is 5.75 Å². The van der Waals surface area contributed by atoms with Crippen LogP contribution in [-0.2, 0) is 0 Å². The third kappa shape index (κ3) is 6.17. The first-order chi connectivity index (χ1) is 12.3. The number of hydrogen-bond acceptors (Lipinski definition) is 1. The molecule has 0 spiro atoms. The first-order valence-corrected chi connectivity index (χ1v) is 9.83. The van der Waals surface area contributed by atoms with E-state index in [1.807, 2.05) is 0 Å². The van der Waals surface area contributed by atoms with Crippen LogP contribution in [0.2, 0.25) is 0 Å². The minimum atomic E-state index is -3.36. The van der Waals surface area contributed by atoms with E-state index in [-0.39, 0.29) is 5.75 Å². The van der Waals surface area contributed by atoms with Crippen molar-refractivity contribution in [1.29, 1.82) is 0 Å². The summed E-state index contributed by atoms with van der Waals surface area (Å²) >= 11 is 0. The molecule has 2 rings (SSSR count). The van der Waals surface area contributed by atoms with Crippen LogP contribution in [0.1, 0.15) is 71.6 Å². The van der Waals surface area contributed by atoms with Crippen molar-refractivity contribution in [3.63, 3.8) is 0 Å². The summed E-state index contributed by atoms with van der Waals surface area (Å²) in [5.41, 5.74) is 0. The van der Waals surface area contributed by atoms with Crippen LogP contribution in [0, 0.1) is 29.4 Å². The van der Waals surface area contributed by atoms with Gasteiger partial charge in [-0.1, -0.05) is 46.0 Å². The van der Waals surface area contributed by atoms with Crippen LogP contribution in [0.3, 0.4) is 0 Å². The fourth-order valence-electron chi connectivity index (χ4n) is 3.96. The summed E-state index contributed by atoms with van der Waals surface area (Å²) in [6, 6.07) is 2.51. The molecule has 0 radical (unpaired) electrons. The maximum absolute atomic E-state index is 14.4. The lowest BCUT2D eigenvalue weighted by molar-refractivity contribution is -0.223. The highest BCUT2D eigenvalue weighted by Gasteiger charge is 2.44. The predicted octanol–water partition coefficient (Wildman–Crippen LogP) is 7.35. The highest BCUT2D eigenvalue weighted by Crippen LogP contribution is 2.41. The second kappa shape index (κ2) is 9.61. The molecule has 148 valence electrons. The molecule has 1 aromatic carbocycles. The van der Waals surface area contributed by atoms with Crippen molar-refractivity contribution in [2.45, 2.75) is 77.7 Å². The van der Waals surface area contributed by atoms with Gasteiger partial charge in [-0.3, -0.25) is 0 Å². The fraction of sp³-hybridized carbons (Fsp3) is 0.714. The molecule has 1 nitrogen and oxygen atoms in total. The monoisotopic (exact) mass is 374 g/mol. The van der Waals surface area contributed by atoms with Gasteiger partial charge < -0.3 is 4.74 Å². The molecule has 26 heavy (non-hydrogen) atoms. The van der Waals surface area contributed by atoms with Gasteiger partial charge in [0.2, 0.25) is 0 Å². The minimum absolute atomic E-state index is 0.332. The summed E-state index contributed by atoms with van der Waals surface area (Å²) < 4.78 is 59.5. The van der Waals surface area contributed by atoms with Crippen molar-refractivity contribution in [2.24, 2.45) is 17.8 Å². The van der Waals surface area contributed by atoms with Crippen LogP contribution >= 0.6 is 0 Å². The standard InChI is InChI=1S/C21H30F4O/c1-3-5-15(2)6-4-7-16-8-10-17(11-9-16)21(24,25)26-18-12-13-19(22)20(23)14-18/h12-17H,3-11H2,1-2H3. The summed E-state index contributed by atoms with van der Waals surface area (Å²) in [6.45, 7) is 4.47. The summed E-state index contributed by atoms with van der Waals surface area (Å²) in [7, 11) is 0. The highest BCUT2D eigenvalue weighted by atomic mass is 19.3. The smallest absolute Gasteiger partial charge is 0.400 e. The van der Waals surface area contributed by atoms with Gasteiger partial charge in [-0.15, -0.1) is 0 Å². The largest absolute Gasteiger partial charge is 0.432 e. The molecule has 0 amide bonds. The Kier molecular flexibility index (Phi) is 7.78. The van der Waals surface area contributed by atoms with E-state index in [1.165, 1.54) is 19.3 Å². The second-order valence-corrected chi connectivity index (χ2v) is 7.78. The molecule has 0 heterocycles. The van der Waals surface area contributed by atoms with Gasteiger partial charge in [-0.2, -0.15) is 8.78 Å². The van der Waals surface area contributed by atoms with Crippen molar-refractivity contribution in [2.75, 3.05) is 0 Å². The van der Waals surface area contributed by atoms with Crippen LogP contribution in [0.4, 0.5) is 17.6 Å². The van der Waals surface area contributed by atoms with Gasteiger partial charge in [0.15, 0.2) is 11.6 Å². The fourth-order valence-corrected chi connectivity index (χ4v) is 3.96. The van der Waals surface area contributed by atoms with Crippen molar-refractivity contribution >= 4 is 0 Å². The van der Waals surface area contributed by atoms with E-state index in [9.17, 15) is 17.6 Å². The Morgan fingerprint density at radius 1 is 1.08 bits per heavy atom. The molecular weight excluding hydrogens is 344 g/mol. The molecule has 0 bridgehead atoms. The zero-order valence-corrected chi connectivity index (χ0v) is 15.7. The lowest BCUT2D eigenvalue weighted by Gasteiger charge is -2.33. The second-order valence-electron chi connectivity index (χ2n) is 7.78. The quantitative estimate of drug-likeness (QED) is 0.411. The number of ether oxygens (including phenoxy) is 1. The third-order valence-electron chi connectivity index (χ3n) is 5.56.